The summed E-state index contributed by atoms with van der Waals surface area (Å²) in [6.45, 7) is 16.8. The monoisotopic (exact) mass is 559 g/mol. The van der Waals surface area contributed by atoms with Crippen molar-refractivity contribution in [2.24, 2.45) is 0 Å². The highest BCUT2D eigenvalue weighted by Crippen LogP contribution is 2.38. The minimum Gasteiger partial charge on any atom is -0.443 e. The van der Waals surface area contributed by atoms with Crippen LogP contribution in [0.5, 0.6) is 0 Å². The molecule has 1 aliphatic heterocycles. The number of amides is 2. The van der Waals surface area contributed by atoms with Crippen molar-refractivity contribution in [1.82, 2.24) is 10.9 Å². The van der Waals surface area contributed by atoms with Crippen molar-refractivity contribution < 1.29 is 27.5 Å². The molecule has 0 fully saturated rings. The van der Waals surface area contributed by atoms with E-state index in [9.17, 15) is 18.4 Å². The number of fused-ring (bicyclic) bond motifs is 1. The molecule has 212 valence electrons. The number of carbonyl (C=O) groups is 2. The first-order valence-electron chi connectivity index (χ1n) is 13.0. The van der Waals surface area contributed by atoms with Gasteiger partial charge in [0.05, 0.1) is 23.5 Å². The molecule has 0 atom stereocenters. The van der Waals surface area contributed by atoms with Crippen LogP contribution >= 0.6 is 0 Å². The second-order valence-corrected chi connectivity index (χ2v) is 16.9. The number of nitrogens with one attached hydrogen (secondary N) is 2. The van der Waals surface area contributed by atoms with Crippen LogP contribution in [0.2, 0.25) is 18.1 Å². The van der Waals surface area contributed by atoms with Gasteiger partial charge in [-0.15, -0.1) is 0 Å². The van der Waals surface area contributed by atoms with Gasteiger partial charge in [0.1, 0.15) is 17.2 Å². The van der Waals surface area contributed by atoms with E-state index in [2.05, 4.69) is 44.7 Å². The van der Waals surface area contributed by atoms with Crippen LogP contribution in [0.3, 0.4) is 0 Å². The molecule has 2 amide bonds. The molecule has 10 heteroatoms. The summed E-state index contributed by atoms with van der Waals surface area (Å²) >= 11 is 0. The maximum absolute atomic E-state index is 14.2. The zero-order valence-corrected chi connectivity index (χ0v) is 25.0. The summed E-state index contributed by atoms with van der Waals surface area (Å²) in [6, 6.07) is 9.92. The summed E-state index contributed by atoms with van der Waals surface area (Å²) in [7, 11) is -2.04. The zero-order chi connectivity index (χ0) is 29.2. The Balaban J connectivity index is 1.95. The molecule has 0 saturated heterocycles. The number of nitrogens with zero attached hydrogens (tertiary/aromatic N) is 1. The van der Waals surface area contributed by atoms with Crippen LogP contribution in [0.15, 0.2) is 48.0 Å². The minimum atomic E-state index is -2.04. The van der Waals surface area contributed by atoms with Gasteiger partial charge in [0.15, 0.2) is 8.32 Å². The first kappa shape index (κ1) is 30.3. The van der Waals surface area contributed by atoms with E-state index < -0.39 is 43.1 Å². The van der Waals surface area contributed by atoms with Gasteiger partial charge in [-0.2, -0.15) is 0 Å². The van der Waals surface area contributed by atoms with Gasteiger partial charge in [-0.3, -0.25) is 20.5 Å². The van der Waals surface area contributed by atoms with E-state index >= 15 is 0 Å². The molecule has 1 heterocycles. The molecular formula is C29H39F2N3O4Si. The Bertz CT molecular complexity index is 1270. The molecule has 2 aromatic carbocycles. The van der Waals surface area contributed by atoms with Crippen LogP contribution in [0, 0.1) is 11.6 Å². The SMILES string of the molecule is CC(C)(C)OC(=O)N1CC(CCO[Si](C)(C)C(C)(C)C)=C(NNC(=O)c2cc(F)ccc2F)c2ccccc21. The highest BCUT2D eigenvalue weighted by Gasteiger charge is 2.37. The van der Waals surface area contributed by atoms with E-state index in [1.807, 2.05) is 12.1 Å². The standard InChI is InChI=1S/C29H39F2N3O4Si/c1-28(2,3)38-27(36)34-18-19(15-16-37-39(7,8)29(4,5)6)25(21-11-9-10-12-24(21)34)32-33-26(35)22-17-20(30)13-14-23(22)31/h9-14,17,32H,15-16,18H2,1-8H3,(H,33,35). The number of halogens is 2. The van der Waals surface area contributed by atoms with Crippen molar-refractivity contribution in [3.63, 3.8) is 0 Å². The topological polar surface area (TPSA) is 79.9 Å². The van der Waals surface area contributed by atoms with Gasteiger partial charge in [0, 0.05) is 12.2 Å². The largest absolute Gasteiger partial charge is 0.443 e. The lowest BCUT2D eigenvalue weighted by atomic mass is 9.97. The van der Waals surface area contributed by atoms with Gasteiger partial charge in [-0.25, -0.2) is 13.6 Å². The Kier molecular flexibility index (Phi) is 8.91. The number of para-hydroxylation sites is 1. The van der Waals surface area contributed by atoms with Crippen LogP contribution in [0.4, 0.5) is 19.3 Å². The second-order valence-electron chi connectivity index (χ2n) is 12.1. The summed E-state index contributed by atoms with van der Waals surface area (Å²) in [5, 5.41) is 0.0210. The third kappa shape index (κ3) is 7.45. The normalized spacial score (nSPS) is 14.2. The third-order valence-electron chi connectivity index (χ3n) is 6.93. The van der Waals surface area contributed by atoms with Crippen LogP contribution in [-0.2, 0) is 9.16 Å². The van der Waals surface area contributed by atoms with Crippen molar-refractivity contribution >= 4 is 31.7 Å². The Morgan fingerprint density at radius 2 is 1.69 bits per heavy atom. The Morgan fingerprint density at radius 1 is 1.03 bits per heavy atom. The van der Waals surface area contributed by atoms with Crippen LogP contribution in [0.1, 0.15) is 63.9 Å². The van der Waals surface area contributed by atoms with Crippen LogP contribution in [-0.4, -0.2) is 39.1 Å². The summed E-state index contributed by atoms with van der Waals surface area (Å²) < 4.78 is 40.0. The predicted octanol–water partition coefficient (Wildman–Crippen LogP) is 6.78. The molecule has 1 aliphatic rings. The smallest absolute Gasteiger partial charge is 0.415 e. The summed E-state index contributed by atoms with van der Waals surface area (Å²) in [5.74, 6) is -2.39. The van der Waals surface area contributed by atoms with Crippen molar-refractivity contribution in [3.05, 3.63) is 70.8 Å². The predicted molar refractivity (Wildman–Crippen MR) is 152 cm³/mol. The fourth-order valence-corrected chi connectivity index (χ4v) is 4.86. The first-order chi connectivity index (χ1) is 18.0. The Morgan fingerprint density at radius 3 is 2.33 bits per heavy atom. The Labute approximate surface area is 230 Å². The lowest BCUT2D eigenvalue weighted by Crippen LogP contribution is -2.44. The molecule has 7 nitrogen and oxygen atoms in total. The highest BCUT2D eigenvalue weighted by atomic mass is 28.4. The van der Waals surface area contributed by atoms with Crippen molar-refractivity contribution in [1.29, 1.82) is 0 Å². The number of hydrogen-bond acceptors (Lipinski definition) is 5. The molecule has 0 aromatic heterocycles. The van der Waals surface area contributed by atoms with Gasteiger partial charge in [0.2, 0.25) is 0 Å². The van der Waals surface area contributed by atoms with Crippen LogP contribution < -0.4 is 15.8 Å². The molecule has 2 aromatic rings. The number of benzene rings is 2. The molecule has 0 bridgehead atoms. The number of anilines is 1. The second kappa shape index (κ2) is 11.5. The fraction of sp³-hybridized carbons (Fsp3) is 0.448. The molecule has 0 saturated carbocycles. The number of rotatable bonds is 7. The Hall–Kier alpha value is -3.24. The average Bonchev–Trinajstić information content (AvgIpc) is 2.82. The molecule has 0 radical (unpaired) electrons. The molecular weight excluding hydrogens is 520 g/mol. The average molecular weight is 560 g/mol. The maximum atomic E-state index is 14.2. The van der Waals surface area contributed by atoms with Gasteiger partial charge in [-0.1, -0.05) is 39.0 Å². The molecule has 3 rings (SSSR count). The summed E-state index contributed by atoms with van der Waals surface area (Å²) in [4.78, 5) is 27.5. The molecule has 0 aliphatic carbocycles. The third-order valence-corrected chi connectivity index (χ3v) is 11.5. The number of hydrazine groups is 1. The first-order valence-corrected chi connectivity index (χ1v) is 15.9. The van der Waals surface area contributed by atoms with Crippen molar-refractivity contribution in [2.45, 2.75) is 71.7 Å². The highest BCUT2D eigenvalue weighted by molar-refractivity contribution is 6.74. The van der Waals surface area contributed by atoms with Crippen molar-refractivity contribution in [2.75, 3.05) is 18.1 Å². The molecule has 39 heavy (non-hydrogen) atoms. The van der Waals surface area contributed by atoms with Crippen molar-refractivity contribution in [3.8, 4) is 0 Å². The quantitative estimate of drug-likeness (QED) is 0.289. The van der Waals surface area contributed by atoms with E-state index in [-0.39, 0.29) is 11.6 Å². The summed E-state index contributed by atoms with van der Waals surface area (Å²) in [5.41, 5.74) is 6.91. The minimum absolute atomic E-state index is 0.0210. The van der Waals surface area contributed by atoms with E-state index in [0.717, 1.165) is 23.8 Å². The summed E-state index contributed by atoms with van der Waals surface area (Å²) in [6.07, 6.45) is -0.0326. The maximum Gasteiger partial charge on any atom is 0.415 e. The van der Waals surface area contributed by atoms with Gasteiger partial charge >= 0.3 is 6.09 Å². The number of hydrogen-bond donors (Lipinski definition) is 2. The molecule has 0 unspecified atom stereocenters. The molecule has 2 N–H and O–H groups in total. The van der Waals surface area contributed by atoms with Gasteiger partial charge in [0.25, 0.3) is 5.91 Å². The number of ether oxygens (including phenoxy) is 1. The van der Waals surface area contributed by atoms with Gasteiger partial charge < -0.3 is 9.16 Å². The zero-order valence-electron chi connectivity index (χ0n) is 24.0. The molecule has 0 spiro atoms. The lowest BCUT2D eigenvalue weighted by molar-refractivity contribution is 0.0582. The van der Waals surface area contributed by atoms with E-state index in [0.29, 0.717) is 30.0 Å². The van der Waals surface area contributed by atoms with Gasteiger partial charge in [-0.05, 0) is 75.2 Å². The van der Waals surface area contributed by atoms with E-state index in [4.69, 9.17) is 9.16 Å². The number of carbonyl (C=O) groups excluding carboxylic acids is 2. The van der Waals surface area contributed by atoms with Crippen LogP contribution in [0.25, 0.3) is 5.70 Å². The fourth-order valence-electron chi connectivity index (χ4n) is 3.81. The van der Waals surface area contributed by atoms with E-state index in [1.54, 1.807) is 37.8 Å². The lowest BCUT2D eigenvalue weighted by Gasteiger charge is -2.37. The van der Waals surface area contributed by atoms with E-state index in [1.165, 1.54) is 0 Å².